The summed E-state index contributed by atoms with van der Waals surface area (Å²) in [4.78, 5) is 21.3. The lowest BCUT2D eigenvalue weighted by Gasteiger charge is -2.22. The number of carbonyl (C=O) groups excluding carboxylic acids is 1. The van der Waals surface area contributed by atoms with Gasteiger partial charge in [-0.05, 0) is 49.2 Å². The zero-order valence-corrected chi connectivity index (χ0v) is 17.0. The van der Waals surface area contributed by atoms with E-state index < -0.39 is 0 Å². The summed E-state index contributed by atoms with van der Waals surface area (Å²) in [6.07, 6.45) is 5.56. The van der Waals surface area contributed by atoms with E-state index in [1.165, 1.54) is 31.4 Å². The summed E-state index contributed by atoms with van der Waals surface area (Å²) in [5, 5.41) is 4.18. The molecule has 1 unspecified atom stereocenters. The minimum atomic E-state index is -0.0738. The SMILES string of the molecule is O=C1CC(c2nc(-c3ccc(N4CCCCCC4)cc3)no2)CN1c1ccccc1. The molecule has 0 N–H and O–H groups in total. The van der Waals surface area contributed by atoms with Gasteiger partial charge in [0, 0.05) is 43.0 Å². The molecule has 154 valence electrons. The molecule has 3 aromatic rings. The van der Waals surface area contributed by atoms with Gasteiger partial charge in [0.25, 0.3) is 0 Å². The highest BCUT2D eigenvalue weighted by Crippen LogP contribution is 2.32. The Bertz CT molecular complexity index is 992. The van der Waals surface area contributed by atoms with Gasteiger partial charge in [0.05, 0.1) is 5.92 Å². The normalized spacial score (nSPS) is 19.9. The molecule has 6 heteroatoms. The fraction of sp³-hybridized carbons (Fsp3) is 0.375. The van der Waals surface area contributed by atoms with Crippen molar-refractivity contribution < 1.29 is 9.32 Å². The molecule has 30 heavy (non-hydrogen) atoms. The van der Waals surface area contributed by atoms with Crippen LogP contribution in [0.25, 0.3) is 11.4 Å². The van der Waals surface area contributed by atoms with Gasteiger partial charge in [-0.15, -0.1) is 0 Å². The zero-order chi connectivity index (χ0) is 20.3. The molecule has 0 bridgehead atoms. The Morgan fingerprint density at radius 2 is 1.60 bits per heavy atom. The monoisotopic (exact) mass is 402 g/mol. The summed E-state index contributed by atoms with van der Waals surface area (Å²) in [6.45, 7) is 2.82. The van der Waals surface area contributed by atoms with Gasteiger partial charge in [0.1, 0.15) is 0 Å². The first-order valence-corrected chi connectivity index (χ1v) is 10.8. The van der Waals surface area contributed by atoms with Crippen LogP contribution in [-0.2, 0) is 4.79 Å². The molecule has 0 spiro atoms. The smallest absolute Gasteiger partial charge is 0.232 e. The molecule has 0 aliphatic carbocycles. The maximum atomic E-state index is 12.5. The first kappa shape index (κ1) is 18.9. The Balaban J connectivity index is 1.29. The molecule has 5 rings (SSSR count). The van der Waals surface area contributed by atoms with Gasteiger partial charge >= 0.3 is 0 Å². The molecule has 1 atom stereocenters. The predicted octanol–water partition coefficient (Wildman–Crippen LogP) is 4.64. The van der Waals surface area contributed by atoms with E-state index in [-0.39, 0.29) is 11.8 Å². The fourth-order valence-electron chi connectivity index (χ4n) is 4.40. The molecule has 1 amide bonds. The van der Waals surface area contributed by atoms with Gasteiger partial charge in [-0.3, -0.25) is 4.79 Å². The number of amides is 1. The first-order valence-electron chi connectivity index (χ1n) is 10.8. The Kier molecular flexibility index (Phi) is 5.22. The van der Waals surface area contributed by atoms with Crippen LogP contribution in [-0.4, -0.2) is 35.7 Å². The summed E-state index contributed by atoms with van der Waals surface area (Å²) >= 11 is 0. The Morgan fingerprint density at radius 1 is 0.867 bits per heavy atom. The van der Waals surface area contributed by atoms with Crippen molar-refractivity contribution >= 4 is 17.3 Å². The molecule has 2 saturated heterocycles. The van der Waals surface area contributed by atoms with E-state index in [1.807, 2.05) is 30.3 Å². The average molecular weight is 402 g/mol. The van der Waals surface area contributed by atoms with Crippen molar-refractivity contribution in [1.29, 1.82) is 0 Å². The quantitative estimate of drug-likeness (QED) is 0.636. The van der Waals surface area contributed by atoms with Crippen LogP contribution in [0.2, 0.25) is 0 Å². The van der Waals surface area contributed by atoms with Gasteiger partial charge in [0.2, 0.25) is 17.6 Å². The van der Waals surface area contributed by atoms with Gasteiger partial charge < -0.3 is 14.3 Å². The van der Waals surface area contributed by atoms with Crippen molar-refractivity contribution in [1.82, 2.24) is 10.1 Å². The number of anilines is 2. The fourth-order valence-corrected chi connectivity index (χ4v) is 4.40. The molecule has 6 nitrogen and oxygen atoms in total. The molecule has 1 aromatic heterocycles. The maximum absolute atomic E-state index is 12.5. The van der Waals surface area contributed by atoms with Crippen LogP contribution in [0.1, 0.15) is 43.9 Å². The molecule has 2 fully saturated rings. The van der Waals surface area contributed by atoms with E-state index >= 15 is 0 Å². The number of aromatic nitrogens is 2. The Morgan fingerprint density at radius 3 is 2.33 bits per heavy atom. The van der Waals surface area contributed by atoms with Crippen LogP contribution in [0.15, 0.2) is 59.1 Å². The van der Waals surface area contributed by atoms with E-state index in [0.717, 1.165) is 24.3 Å². The lowest BCUT2D eigenvalue weighted by atomic mass is 10.1. The van der Waals surface area contributed by atoms with E-state index in [2.05, 4.69) is 39.3 Å². The average Bonchev–Trinajstić information content (AvgIpc) is 3.33. The molecule has 2 aromatic carbocycles. The molecule has 0 saturated carbocycles. The van der Waals surface area contributed by atoms with Crippen molar-refractivity contribution in [3.63, 3.8) is 0 Å². The molecule has 2 aliphatic heterocycles. The van der Waals surface area contributed by atoms with Crippen molar-refractivity contribution in [2.75, 3.05) is 29.4 Å². The highest BCUT2D eigenvalue weighted by atomic mass is 16.5. The van der Waals surface area contributed by atoms with Gasteiger partial charge in [-0.2, -0.15) is 4.98 Å². The van der Waals surface area contributed by atoms with Crippen molar-refractivity contribution in [2.45, 2.75) is 38.0 Å². The van der Waals surface area contributed by atoms with E-state index in [1.54, 1.807) is 4.90 Å². The van der Waals surface area contributed by atoms with E-state index in [9.17, 15) is 4.79 Å². The number of carbonyl (C=O) groups is 1. The van der Waals surface area contributed by atoms with Crippen LogP contribution in [0.5, 0.6) is 0 Å². The second kappa shape index (κ2) is 8.30. The third-order valence-corrected chi connectivity index (χ3v) is 6.08. The predicted molar refractivity (Wildman–Crippen MR) is 117 cm³/mol. The van der Waals surface area contributed by atoms with Gasteiger partial charge in [-0.25, -0.2) is 0 Å². The lowest BCUT2D eigenvalue weighted by molar-refractivity contribution is -0.117. The number of hydrogen-bond donors (Lipinski definition) is 0. The van der Waals surface area contributed by atoms with Gasteiger partial charge in [-0.1, -0.05) is 36.2 Å². The molecule has 0 radical (unpaired) electrons. The lowest BCUT2D eigenvalue weighted by Crippen LogP contribution is -2.24. The van der Waals surface area contributed by atoms with Crippen molar-refractivity contribution in [3.05, 3.63) is 60.5 Å². The number of nitrogens with zero attached hydrogens (tertiary/aromatic N) is 4. The molecule has 2 aliphatic rings. The van der Waals surface area contributed by atoms with E-state index in [0.29, 0.717) is 24.7 Å². The Hall–Kier alpha value is -3.15. The third kappa shape index (κ3) is 3.82. The summed E-state index contributed by atoms with van der Waals surface area (Å²) in [5.74, 6) is 1.13. The third-order valence-electron chi connectivity index (χ3n) is 6.08. The largest absolute Gasteiger partial charge is 0.372 e. The zero-order valence-electron chi connectivity index (χ0n) is 17.0. The number of hydrogen-bond acceptors (Lipinski definition) is 5. The van der Waals surface area contributed by atoms with Crippen molar-refractivity contribution in [3.8, 4) is 11.4 Å². The second-order valence-corrected chi connectivity index (χ2v) is 8.15. The van der Waals surface area contributed by atoms with Crippen molar-refractivity contribution in [2.24, 2.45) is 0 Å². The minimum absolute atomic E-state index is 0.0738. The van der Waals surface area contributed by atoms with Crippen LogP contribution in [0, 0.1) is 0 Å². The maximum Gasteiger partial charge on any atom is 0.232 e. The number of benzene rings is 2. The van der Waals surface area contributed by atoms with Crippen LogP contribution in [0.4, 0.5) is 11.4 Å². The first-order chi connectivity index (χ1) is 14.8. The standard InChI is InChI=1S/C24H26N4O2/c29-22-16-19(17-28(22)21-8-4-3-5-9-21)24-25-23(26-30-24)18-10-12-20(13-11-18)27-14-6-1-2-7-15-27/h3-5,8-13,19H,1-2,6-7,14-17H2. The molecule has 3 heterocycles. The summed E-state index contributed by atoms with van der Waals surface area (Å²) in [6, 6.07) is 18.1. The number of para-hydroxylation sites is 1. The minimum Gasteiger partial charge on any atom is -0.372 e. The highest BCUT2D eigenvalue weighted by molar-refractivity contribution is 5.96. The van der Waals surface area contributed by atoms with Crippen LogP contribution in [0.3, 0.4) is 0 Å². The van der Waals surface area contributed by atoms with Crippen LogP contribution < -0.4 is 9.80 Å². The van der Waals surface area contributed by atoms with Crippen LogP contribution >= 0.6 is 0 Å². The number of rotatable bonds is 4. The molecular weight excluding hydrogens is 376 g/mol. The highest BCUT2D eigenvalue weighted by Gasteiger charge is 2.35. The van der Waals surface area contributed by atoms with E-state index in [4.69, 9.17) is 4.52 Å². The Labute approximate surface area is 176 Å². The topological polar surface area (TPSA) is 62.5 Å². The molecular formula is C24H26N4O2. The summed E-state index contributed by atoms with van der Waals surface area (Å²) in [7, 11) is 0. The summed E-state index contributed by atoms with van der Waals surface area (Å²) < 4.78 is 5.55. The summed E-state index contributed by atoms with van der Waals surface area (Å²) in [5.41, 5.74) is 3.10. The second-order valence-electron chi connectivity index (χ2n) is 8.15. The van der Waals surface area contributed by atoms with Gasteiger partial charge in [0.15, 0.2) is 0 Å².